The van der Waals surface area contributed by atoms with Crippen molar-refractivity contribution >= 4 is 19.8 Å². The second-order valence-electron chi connectivity index (χ2n) is 16.3. The summed E-state index contributed by atoms with van der Waals surface area (Å²) in [6.45, 7) is 3.88. The van der Waals surface area contributed by atoms with Gasteiger partial charge in [-0.25, -0.2) is 4.57 Å². The number of esters is 2. The summed E-state index contributed by atoms with van der Waals surface area (Å²) in [5.41, 5.74) is 0. The van der Waals surface area contributed by atoms with Gasteiger partial charge in [-0.15, -0.1) is 0 Å². The fourth-order valence-electron chi connectivity index (χ4n) is 6.98. The topological polar surface area (TPSA) is 108 Å². The molecule has 0 rings (SSSR count). The molecule has 0 fully saturated rings. The first-order valence-corrected chi connectivity index (χ1v) is 25.5. The van der Waals surface area contributed by atoms with Gasteiger partial charge in [0.05, 0.1) is 6.61 Å². The zero-order valence-corrected chi connectivity index (χ0v) is 38.4. The molecule has 1 N–H and O–H groups in total. The molecule has 0 amide bonds. The molecular weight excluding hydrogens is 735 g/mol. The van der Waals surface area contributed by atoms with Gasteiger partial charge in [-0.1, -0.05) is 212 Å². The van der Waals surface area contributed by atoms with Crippen LogP contribution in [0.3, 0.4) is 0 Å². The highest BCUT2D eigenvalue weighted by Crippen LogP contribution is 2.42. The first kappa shape index (κ1) is 55.5. The van der Waals surface area contributed by atoms with Crippen LogP contribution in [0, 0.1) is 0 Å². The van der Waals surface area contributed by atoms with E-state index in [1.54, 1.807) is 0 Å². The molecule has 0 aromatic carbocycles. The van der Waals surface area contributed by atoms with E-state index in [0.29, 0.717) is 12.8 Å². The third-order valence-electron chi connectivity index (χ3n) is 10.7. The number of unbranched alkanes of at least 4 members (excludes halogenated alkanes) is 30. The summed E-state index contributed by atoms with van der Waals surface area (Å²) in [7, 11) is -3.20. The van der Waals surface area contributed by atoms with Crippen LogP contribution in [0.2, 0.25) is 0 Å². The molecule has 0 aliphatic rings. The van der Waals surface area contributed by atoms with Crippen molar-refractivity contribution in [3.63, 3.8) is 0 Å². The van der Waals surface area contributed by atoms with E-state index in [-0.39, 0.29) is 19.0 Å². The molecule has 57 heavy (non-hydrogen) atoms. The SMILES string of the molecule is CCCCC/C=C\C/C=C\CCCCCCCC(=O)OC(COC(=O)CCCCCCCCCCCCCCCCCCCCCCCCC)COP(=O)(O)OC. The molecule has 0 aromatic rings. The zero-order chi connectivity index (χ0) is 41.8. The molecule has 9 heteroatoms. The maximum absolute atomic E-state index is 12.5. The largest absolute Gasteiger partial charge is 0.472 e. The van der Waals surface area contributed by atoms with Gasteiger partial charge in [-0.05, 0) is 44.9 Å². The molecule has 0 saturated carbocycles. The second kappa shape index (κ2) is 44.1. The van der Waals surface area contributed by atoms with Crippen LogP contribution >= 0.6 is 7.82 Å². The van der Waals surface area contributed by atoms with E-state index < -0.39 is 26.5 Å². The summed E-state index contributed by atoms with van der Waals surface area (Å²) in [5, 5.41) is 0. The van der Waals surface area contributed by atoms with Crippen molar-refractivity contribution in [2.45, 2.75) is 251 Å². The van der Waals surface area contributed by atoms with E-state index in [1.165, 1.54) is 154 Å². The molecule has 0 saturated heterocycles. The Balaban J connectivity index is 3.87. The lowest BCUT2D eigenvalue weighted by molar-refractivity contribution is -0.161. The average Bonchev–Trinajstić information content (AvgIpc) is 3.20. The maximum Gasteiger partial charge on any atom is 0.472 e. The summed E-state index contributed by atoms with van der Waals surface area (Å²) in [6.07, 6.45) is 51.0. The Morgan fingerprint density at radius 1 is 0.491 bits per heavy atom. The highest BCUT2D eigenvalue weighted by Gasteiger charge is 2.24. The molecular formula is C48H91O8P. The highest BCUT2D eigenvalue weighted by molar-refractivity contribution is 7.47. The predicted molar refractivity (Wildman–Crippen MR) is 239 cm³/mol. The number of carbonyl (C=O) groups is 2. The van der Waals surface area contributed by atoms with Gasteiger partial charge in [0.2, 0.25) is 0 Å². The molecule has 2 atom stereocenters. The number of phosphoric acid groups is 1. The van der Waals surface area contributed by atoms with E-state index in [9.17, 15) is 19.0 Å². The van der Waals surface area contributed by atoms with Crippen LogP contribution in [0.5, 0.6) is 0 Å². The average molecular weight is 827 g/mol. The van der Waals surface area contributed by atoms with Crippen molar-refractivity contribution in [3.05, 3.63) is 24.3 Å². The molecule has 2 unspecified atom stereocenters. The van der Waals surface area contributed by atoms with Gasteiger partial charge < -0.3 is 14.4 Å². The first-order chi connectivity index (χ1) is 27.8. The minimum absolute atomic E-state index is 0.226. The van der Waals surface area contributed by atoms with Crippen molar-refractivity contribution in [1.82, 2.24) is 0 Å². The van der Waals surface area contributed by atoms with Crippen molar-refractivity contribution in [3.8, 4) is 0 Å². The standard InChI is InChI=1S/C48H91O8P/c1-4-6-8-10-12-14-16-18-20-21-22-23-24-25-26-27-29-30-32-34-36-38-40-42-47(49)54-44-46(45-55-57(51,52)53-3)56-48(50)43-41-39-37-35-33-31-28-19-17-15-13-11-9-7-5-2/h13,15,19,28,46H,4-12,14,16-18,20-27,29-45H2,1-3H3,(H,51,52)/b15-13-,28-19-. The zero-order valence-electron chi connectivity index (χ0n) is 37.5. The van der Waals surface area contributed by atoms with Gasteiger partial charge in [0.25, 0.3) is 0 Å². The van der Waals surface area contributed by atoms with Gasteiger partial charge in [0.15, 0.2) is 6.10 Å². The summed E-state index contributed by atoms with van der Waals surface area (Å²) in [6, 6.07) is 0. The number of rotatable bonds is 45. The summed E-state index contributed by atoms with van der Waals surface area (Å²) >= 11 is 0. The molecule has 336 valence electrons. The molecule has 0 aromatic heterocycles. The van der Waals surface area contributed by atoms with Crippen molar-refractivity contribution in [2.75, 3.05) is 20.3 Å². The van der Waals surface area contributed by atoms with Crippen LogP contribution in [-0.2, 0) is 32.7 Å². The van der Waals surface area contributed by atoms with Crippen LogP contribution < -0.4 is 0 Å². The first-order valence-electron chi connectivity index (χ1n) is 24.0. The Bertz CT molecular complexity index is 983. The number of hydrogen-bond acceptors (Lipinski definition) is 7. The molecule has 0 radical (unpaired) electrons. The summed E-state index contributed by atoms with van der Waals surface area (Å²) in [4.78, 5) is 34.5. The Labute approximate surface area is 352 Å². The van der Waals surface area contributed by atoms with Crippen LogP contribution in [0.15, 0.2) is 24.3 Å². The Morgan fingerprint density at radius 3 is 1.26 bits per heavy atom. The van der Waals surface area contributed by atoms with Gasteiger partial charge in [0.1, 0.15) is 6.61 Å². The predicted octanol–water partition coefficient (Wildman–Crippen LogP) is 15.4. The monoisotopic (exact) mass is 827 g/mol. The molecule has 0 aliphatic heterocycles. The second-order valence-corrected chi connectivity index (χ2v) is 17.8. The summed E-state index contributed by atoms with van der Waals surface area (Å²) in [5.74, 6) is -0.808. The molecule has 0 aliphatic carbocycles. The minimum atomic E-state index is -4.26. The van der Waals surface area contributed by atoms with Gasteiger partial charge in [-0.3, -0.25) is 18.6 Å². The van der Waals surface area contributed by atoms with Crippen molar-refractivity contribution in [2.24, 2.45) is 0 Å². The fourth-order valence-corrected chi connectivity index (χ4v) is 7.44. The van der Waals surface area contributed by atoms with E-state index in [2.05, 4.69) is 42.7 Å². The lowest BCUT2D eigenvalue weighted by atomic mass is 10.0. The third-order valence-corrected chi connectivity index (χ3v) is 11.6. The Kier molecular flexibility index (Phi) is 43.0. The van der Waals surface area contributed by atoms with Crippen molar-refractivity contribution < 1.29 is 37.6 Å². The van der Waals surface area contributed by atoms with E-state index in [1.807, 2.05) is 0 Å². The number of allylic oxidation sites excluding steroid dienone is 4. The van der Waals surface area contributed by atoms with E-state index >= 15 is 0 Å². The van der Waals surface area contributed by atoms with E-state index in [4.69, 9.17) is 14.0 Å². The number of carbonyl (C=O) groups excluding carboxylic acids is 2. The van der Waals surface area contributed by atoms with Gasteiger partial charge in [-0.2, -0.15) is 0 Å². The normalized spacial score (nSPS) is 13.4. The van der Waals surface area contributed by atoms with E-state index in [0.717, 1.165) is 64.9 Å². The quantitative estimate of drug-likeness (QED) is 0.0280. The van der Waals surface area contributed by atoms with Gasteiger partial charge in [0, 0.05) is 20.0 Å². The van der Waals surface area contributed by atoms with Crippen molar-refractivity contribution in [1.29, 1.82) is 0 Å². The lowest BCUT2D eigenvalue weighted by Crippen LogP contribution is -2.29. The fraction of sp³-hybridized carbons (Fsp3) is 0.875. The number of hydrogen-bond donors (Lipinski definition) is 1. The Morgan fingerprint density at radius 2 is 0.842 bits per heavy atom. The molecule has 0 spiro atoms. The lowest BCUT2D eigenvalue weighted by Gasteiger charge is -2.19. The molecule has 0 heterocycles. The molecule has 0 bridgehead atoms. The van der Waals surface area contributed by atoms with Gasteiger partial charge >= 0.3 is 19.8 Å². The molecule has 8 nitrogen and oxygen atoms in total. The van der Waals surface area contributed by atoms with Crippen LogP contribution in [-0.4, -0.2) is 43.3 Å². The number of phosphoric ester groups is 1. The third kappa shape index (κ3) is 43.9. The van der Waals surface area contributed by atoms with Crippen LogP contribution in [0.4, 0.5) is 0 Å². The smallest absolute Gasteiger partial charge is 0.462 e. The van der Waals surface area contributed by atoms with Crippen LogP contribution in [0.1, 0.15) is 245 Å². The highest BCUT2D eigenvalue weighted by atomic mass is 31.2. The summed E-state index contributed by atoms with van der Waals surface area (Å²) < 4.78 is 32.1. The Hall–Kier alpha value is -1.47. The van der Waals surface area contributed by atoms with Crippen LogP contribution in [0.25, 0.3) is 0 Å². The minimum Gasteiger partial charge on any atom is -0.462 e. The number of ether oxygens (including phenoxy) is 2. The maximum atomic E-state index is 12.5.